The monoisotopic (exact) mass is 241 g/mol. The third kappa shape index (κ3) is 2.29. The summed E-state index contributed by atoms with van der Waals surface area (Å²) in [5, 5.41) is 11.8. The normalized spacial score (nSPS) is 17.4. The molecule has 0 heterocycles. The Balaban J connectivity index is 2.14. The number of hydrogen-bond acceptors (Lipinski definition) is 2. The van der Waals surface area contributed by atoms with E-state index in [0.29, 0.717) is 18.9 Å². The third-order valence-corrected chi connectivity index (χ3v) is 3.17. The maximum Gasteiger partial charge on any atom is 0.254 e. The van der Waals surface area contributed by atoms with Gasteiger partial charge in [-0.3, -0.25) is 4.79 Å². The van der Waals surface area contributed by atoms with E-state index in [1.54, 1.807) is 0 Å². The molecule has 0 aliphatic heterocycles. The minimum absolute atomic E-state index is 0.165. The van der Waals surface area contributed by atoms with Crippen LogP contribution in [0.3, 0.4) is 0 Å². The number of amides is 1. The molecule has 92 valence electrons. The topological polar surface area (TPSA) is 49.3 Å². The maximum absolute atomic E-state index is 13.3. The van der Waals surface area contributed by atoms with Crippen LogP contribution in [0.1, 0.15) is 29.6 Å². The van der Waals surface area contributed by atoms with Crippen LogP contribution in [0.4, 0.5) is 8.78 Å². The Morgan fingerprint density at radius 2 is 2.12 bits per heavy atom. The van der Waals surface area contributed by atoms with Crippen LogP contribution < -0.4 is 5.32 Å². The van der Waals surface area contributed by atoms with E-state index in [0.717, 1.165) is 18.6 Å². The molecule has 3 nitrogen and oxygen atoms in total. The highest BCUT2D eigenvalue weighted by Gasteiger charge is 2.38. The Bertz CT molecular complexity index is 439. The van der Waals surface area contributed by atoms with Gasteiger partial charge in [0.1, 0.15) is 11.6 Å². The summed E-state index contributed by atoms with van der Waals surface area (Å²) in [6.45, 7) is -0.165. The van der Waals surface area contributed by atoms with Gasteiger partial charge in [0.25, 0.3) is 5.91 Å². The van der Waals surface area contributed by atoms with E-state index in [2.05, 4.69) is 5.32 Å². The molecule has 0 atom stereocenters. The molecule has 1 saturated carbocycles. The summed E-state index contributed by atoms with van der Waals surface area (Å²) in [4.78, 5) is 11.8. The van der Waals surface area contributed by atoms with Crippen molar-refractivity contribution in [1.82, 2.24) is 5.32 Å². The first-order chi connectivity index (χ1) is 8.06. The van der Waals surface area contributed by atoms with Crippen molar-refractivity contribution in [3.8, 4) is 0 Å². The van der Waals surface area contributed by atoms with Crippen LogP contribution in [-0.2, 0) is 0 Å². The van der Waals surface area contributed by atoms with E-state index in [-0.39, 0.29) is 12.2 Å². The second kappa shape index (κ2) is 4.41. The van der Waals surface area contributed by atoms with Gasteiger partial charge in [-0.2, -0.15) is 0 Å². The first kappa shape index (κ1) is 12.0. The lowest BCUT2D eigenvalue weighted by atomic mass is 9.77. The maximum atomic E-state index is 13.3. The van der Waals surface area contributed by atoms with Crippen molar-refractivity contribution < 1.29 is 18.7 Å². The number of aliphatic hydroxyl groups excluding tert-OH is 1. The summed E-state index contributed by atoms with van der Waals surface area (Å²) in [6, 6.07) is 2.80. The van der Waals surface area contributed by atoms with E-state index in [1.807, 2.05) is 0 Å². The van der Waals surface area contributed by atoms with Crippen LogP contribution >= 0.6 is 0 Å². The first-order valence-electron chi connectivity index (χ1n) is 5.45. The molecule has 0 radical (unpaired) electrons. The largest absolute Gasteiger partial charge is 0.394 e. The van der Waals surface area contributed by atoms with Crippen molar-refractivity contribution in [1.29, 1.82) is 0 Å². The molecule has 1 amide bonds. The van der Waals surface area contributed by atoms with Crippen molar-refractivity contribution in [3.05, 3.63) is 35.4 Å². The highest BCUT2D eigenvalue weighted by Crippen LogP contribution is 2.31. The van der Waals surface area contributed by atoms with Gasteiger partial charge in [0.2, 0.25) is 0 Å². The Labute approximate surface area is 97.5 Å². The van der Waals surface area contributed by atoms with Gasteiger partial charge in [-0.05, 0) is 31.4 Å². The molecule has 5 heteroatoms. The molecule has 0 bridgehead atoms. The Morgan fingerprint density at radius 3 is 2.59 bits per heavy atom. The number of benzene rings is 1. The molecule has 2 N–H and O–H groups in total. The van der Waals surface area contributed by atoms with Crippen molar-refractivity contribution in [3.63, 3.8) is 0 Å². The van der Waals surface area contributed by atoms with Crippen molar-refractivity contribution in [2.45, 2.75) is 24.8 Å². The standard InChI is InChI=1S/C12H13F2NO2/c13-8-2-3-9(10(14)6-8)11(17)15-12(7-16)4-1-5-12/h2-3,6,16H,1,4-5,7H2,(H,15,17). The van der Waals surface area contributed by atoms with Crippen LogP contribution in [0.2, 0.25) is 0 Å². The number of carbonyl (C=O) groups excluding carboxylic acids is 1. The van der Waals surface area contributed by atoms with Gasteiger partial charge in [0, 0.05) is 6.07 Å². The van der Waals surface area contributed by atoms with Gasteiger partial charge in [-0.15, -0.1) is 0 Å². The summed E-state index contributed by atoms with van der Waals surface area (Å²) in [5.41, 5.74) is -0.830. The number of hydrogen-bond donors (Lipinski definition) is 2. The van der Waals surface area contributed by atoms with Crippen molar-refractivity contribution >= 4 is 5.91 Å². The molecular weight excluding hydrogens is 228 g/mol. The van der Waals surface area contributed by atoms with Crippen LogP contribution in [0.25, 0.3) is 0 Å². The molecule has 0 unspecified atom stereocenters. The summed E-state index contributed by atoms with van der Waals surface area (Å²) in [6.07, 6.45) is 2.28. The summed E-state index contributed by atoms with van der Waals surface area (Å²) >= 11 is 0. The zero-order valence-electron chi connectivity index (χ0n) is 9.17. The summed E-state index contributed by atoms with van der Waals surface area (Å²) < 4.78 is 26.0. The third-order valence-electron chi connectivity index (χ3n) is 3.17. The molecule has 0 saturated heterocycles. The van der Waals surface area contributed by atoms with Crippen LogP contribution in [0.5, 0.6) is 0 Å². The second-order valence-corrected chi connectivity index (χ2v) is 4.37. The molecule has 2 rings (SSSR count). The zero-order chi connectivity index (χ0) is 12.5. The minimum Gasteiger partial charge on any atom is -0.394 e. The molecule has 1 aliphatic rings. The quantitative estimate of drug-likeness (QED) is 0.844. The first-order valence-corrected chi connectivity index (χ1v) is 5.45. The van der Waals surface area contributed by atoms with Gasteiger partial charge < -0.3 is 10.4 Å². The Morgan fingerprint density at radius 1 is 1.41 bits per heavy atom. The molecule has 17 heavy (non-hydrogen) atoms. The van der Waals surface area contributed by atoms with Crippen LogP contribution in [-0.4, -0.2) is 23.2 Å². The van der Waals surface area contributed by atoms with Gasteiger partial charge >= 0.3 is 0 Å². The average molecular weight is 241 g/mol. The predicted molar refractivity (Wildman–Crippen MR) is 57.5 cm³/mol. The van der Waals surface area contributed by atoms with Gasteiger partial charge in [0.05, 0.1) is 17.7 Å². The van der Waals surface area contributed by atoms with Crippen LogP contribution in [0.15, 0.2) is 18.2 Å². The van der Waals surface area contributed by atoms with E-state index in [4.69, 9.17) is 0 Å². The van der Waals surface area contributed by atoms with Crippen molar-refractivity contribution in [2.75, 3.05) is 6.61 Å². The second-order valence-electron chi connectivity index (χ2n) is 4.37. The fourth-order valence-corrected chi connectivity index (χ4v) is 1.91. The lowest BCUT2D eigenvalue weighted by Crippen LogP contribution is -2.56. The lowest BCUT2D eigenvalue weighted by Gasteiger charge is -2.40. The fraction of sp³-hybridized carbons (Fsp3) is 0.417. The Hall–Kier alpha value is -1.49. The number of nitrogens with one attached hydrogen (secondary N) is 1. The minimum atomic E-state index is -0.894. The SMILES string of the molecule is O=C(NC1(CO)CCC1)c1ccc(F)cc1F. The molecule has 1 aromatic rings. The van der Waals surface area contributed by atoms with Gasteiger partial charge in [0.15, 0.2) is 0 Å². The molecule has 1 aromatic carbocycles. The van der Waals surface area contributed by atoms with Gasteiger partial charge in [-0.25, -0.2) is 8.78 Å². The van der Waals surface area contributed by atoms with E-state index in [9.17, 15) is 18.7 Å². The molecular formula is C12H13F2NO2. The number of halogens is 2. The molecule has 0 aromatic heterocycles. The Kier molecular flexibility index (Phi) is 3.11. The van der Waals surface area contributed by atoms with Crippen molar-refractivity contribution in [2.24, 2.45) is 0 Å². The lowest BCUT2D eigenvalue weighted by molar-refractivity contribution is 0.0638. The summed E-state index contributed by atoms with van der Waals surface area (Å²) in [5.74, 6) is -2.23. The predicted octanol–water partition coefficient (Wildman–Crippen LogP) is 1.61. The molecule has 1 aliphatic carbocycles. The van der Waals surface area contributed by atoms with Crippen LogP contribution in [0, 0.1) is 11.6 Å². The van der Waals surface area contributed by atoms with E-state index < -0.39 is 23.1 Å². The average Bonchev–Trinajstić information content (AvgIpc) is 2.23. The summed E-state index contributed by atoms with van der Waals surface area (Å²) in [7, 11) is 0. The fourth-order valence-electron chi connectivity index (χ4n) is 1.91. The molecule has 1 fully saturated rings. The van der Waals surface area contributed by atoms with Gasteiger partial charge in [-0.1, -0.05) is 0 Å². The number of rotatable bonds is 3. The zero-order valence-corrected chi connectivity index (χ0v) is 9.17. The van der Waals surface area contributed by atoms with E-state index >= 15 is 0 Å². The highest BCUT2D eigenvalue weighted by molar-refractivity contribution is 5.95. The molecule has 0 spiro atoms. The smallest absolute Gasteiger partial charge is 0.254 e. The highest BCUT2D eigenvalue weighted by atomic mass is 19.1. The van der Waals surface area contributed by atoms with E-state index in [1.165, 1.54) is 0 Å². The number of carbonyl (C=O) groups is 1. The number of aliphatic hydroxyl groups is 1.